The number of carbonyl (C=O) groups is 1. The number of hydrogen-bond acceptors (Lipinski definition) is 4. The number of likely N-dealkylation sites (tertiary alicyclic amines) is 1. The third-order valence-corrected chi connectivity index (χ3v) is 4.68. The number of amides is 1. The molecule has 124 valence electrons. The summed E-state index contributed by atoms with van der Waals surface area (Å²) in [7, 11) is 0. The molecule has 0 spiro atoms. The molecule has 0 saturated carbocycles. The van der Waals surface area contributed by atoms with Gasteiger partial charge in [0.15, 0.2) is 0 Å². The Kier molecular flexibility index (Phi) is 3.76. The van der Waals surface area contributed by atoms with Gasteiger partial charge in [-0.15, -0.1) is 0 Å². The Labute approximate surface area is 140 Å². The third-order valence-electron chi connectivity index (χ3n) is 4.68. The van der Waals surface area contributed by atoms with E-state index in [1.165, 1.54) is 0 Å². The molecule has 0 bridgehead atoms. The maximum Gasteiger partial charge on any atom is 0.243 e. The third kappa shape index (κ3) is 2.66. The fourth-order valence-electron chi connectivity index (χ4n) is 3.35. The van der Waals surface area contributed by atoms with E-state index in [1.807, 2.05) is 45.4 Å². The van der Waals surface area contributed by atoms with E-state index in [1.54, 1.807) is 12.4 Å². The maximum atomic E-state index is 12.8. The standard InChI is InChI=1S/C17H20N6O/c1-13-18-6-11-22(13)12-16(24)23-8-3-2-4-15(23)14-5-9-21-10-7-19-17(21)20-14/h5-7,9-11,15H,2-4,8,12H2,1H3/t15-/m1/s1. The first-order valence-electron chi connectivity index (χ1n) is 8.29. The molecule has 3 aromatic rings. The molecule has 1 fully saturated rings. The Bertz CT molecular complexity index is 867. The molecule has 0 aromatic carbocycles. The maximum absolute atomic E-state index is 12.8. The van der Waals surface area contributed by atoms with Crippen molar-refractivity contribution in [2.75, 3.05) is 6.54 Å². The zero-order valence-corrected chi connectivity index (χ0v) is 13.7. The molecule has 1 amide bonds. The van der Waals surface area contributed by atoms with Crippen LogP contribution in [0.5, 0.6) is 0 Å². The normalized spacial score (nSPS) is 18.2. The number of aryl methyl sites for hydroxylation is 1. The van der Waals surface area contributed by atoms with E-state index in [0.717, 1.165) is 37.3 Å². The molecule has 0 unspecified atom stereocenters. The lowest BCUT2D eigenvalue weighted by atomic mass is 9.99. The van der Waals surface area contributed by atoms with Crippen LogP contribution in [0.15, 0.2) is 37.1 Å². The fourth-order valence-corrected chi connectivity index (χ4v) is 3.35. The van der Waals surface area contributed by atoms with Gasteiger partial charge < -0.3 is 9.47 Å². The molecule has 7 nitrogen and oxygen atoms in total. The van der Waals surface area contributed by atoms with Crippen molar-refractivity contribution in [2.45, 2.75) is 38.8 Å². The van der Waals surface area contributed by atoms with Crippen LogP contribution >= 0.6 is 0 Å². The number of nitrogens with zero attached hydrogens (tertiary/aromatic N) is 6. The molecule has 0 N–H and O–H groups in total. The van der Waals surface area contributed by atoms with Crippen molar-refractivity contribution in [3.63, 3.8) is 0 Å². The quantitative estimate of drug-likeness (QED) is 0.739. The second-order valence-corrected chi connectivity index (χ2v) is 6.19. The molecule has 3 aromatic heterocycles. The minimum absolute atomic E-state index is 0.0248. The van der Waals surface area contributed by atoms with Gasteiger partial charge in [0.25, 0.3) is 0 Å². The van der Waals surface area contributed by atoms with E-state index >= 15 is 0 Å². The summed E-state index contributed by atoms with van der Waals surface area (Å²) in [5.74, 6) is 1.65. The van der Waals surface area contributed by atoms with Crippen LogP contribution in [0, 0.1) is 6.92 Å². The summed E-state index contributed by atoms with van der Waals surface area (Å²) in [5.41, 5.74) is 0.920. The molecule has 1 aliphatic rings. The van der Waals surface area contributed by atoms with Crippen molar-refractivity contribution in [2.24, 2.45) is 0 Å². The summed E-state index contributed by atoms with van der Waals surface area (Å²) in [4.78, 5) is 27.9. The number of hydrogen-bond donors (Lipinski definition) is 0. The van der Waals surface area contributed by atoms with E-state index < -0.39 is 0 Å². The second-order valence-electron chi connectivity index (χ2n) is 6.19. The number of carbonyl (C=O) groups excluding carboxylic acids is 1. The Hall–Kier alpha value is -2.70. The Balaban J connectivity index is 1.60. The highest BCUT2D eigenvalue weighted by Crippen LogP contribution is 2.30. The minimum atomic E-state index is 0.0248. The van der Waals surface area contributed by atoms with E-state index in [2.05, 4.69) is 15.0 Å². The summed E-state index contributed by atoms with van der Waals surface area (Å²) < 4.78 is 3.77. The summed E-state index contributed by atoms with van der Waals surface area (Å²) >= 11 is 0. The molecule has 4 heterocycles. The number of fused-ring (bicyclic) bond motifs is 1. The number of rotatable bonds is 3. The van der Waals surface area contributed by atoms with E-state index in [9.17, 15) is 4.79 Å². The highest BCUT2D eigenvalue weighted by atomic mass is 16.2. The van der Waals surface area contributed by atoms with Crippen molar-refractivity contribution in [3.8, 4) is 0 Å². The molecular formula is C17H20N6O. The highest BCUT2D eigenvalue weighted by Gasteiger charge is 2.29. The Morgan fingerprint density at radius 1 is 1.21 bits per heavy atom. The van der Waals surface area contributed by atoms with Crippen LogP contribution in [0.4, 0.5) is 0 Å². The van der Waals surface area contributed by atoms with Crippen LogP contribution < -0.4 is 0 Å². The van der Waals surface area contributed by atoms with Gasteiger partial charge in [0.05, 0.1) is 11.7 Å². The summed E-state index contributed by atoms with van der Waals surface area (Å²) in [6.45, 7) is 3.02. The lowest BCUT2D eigenvalue weighted by Gasteiger charge is -2.35. The average molecular weight is 324 g/mol. The van der Waals surface area contributed by atoms with Crippen molar-refractivity contribution < 1.29 is 4.79 Å². The monoisotopic (exact) mass is 324 g/mol. The van der Waals surface area contributed by atoms with Crippen LogP contribution in [0.2, 0.25) is 0 Å². The van der Waals surface area contributed by atoms with Crippen molar-refractivity contribution in [1.82, 2.24) is 28.8 Å². The number of aromatic nitrogens is 5. The van der Waals surface area contributed by atoms with Crippen molar-refractivity contribution >= 4 is 11.7 Å². The van der Waals surface area contributed by atoms with E-state index in [0.29, 0.717) is 12.3 Å². The topological polar surface area (TPSA) is 68.3 Å². The van der Waals surface area contributed by atoms with Gasteiger partial charge in [-0.1, -0.05) is 0 Å². The van der Waals surface area contributed by atoms with Crippen LogP contribution in [-0.4, -0.2) is 41.3 Å². The lowest BCUT2D eigenvalue weighted by molar-refractivity contribution is -0.135. The summed E-state index contributed by atoms with van der Waals surface area (Å²) in [6.07, 6.45) is 12.2. The highest BCUT2D eigenvalue weighted by molar-refractivity contribution is 5.76. The van der Waals surface area contributed by atoms with Crippen LogP contribution in [0.1, 0.15) is 36.8 Å². The van der Waals surface area contributed by atoms with Crippen molar-refractivity contribution in [3.05, 3.63) is 48.6 Å². The predicted octanol–water partition coefficient (Wildman–Crippen LogP) is 1.99. The van der Waals surface area contributed by atoms with Gasteiger partial charge in [-0.2, -0.15) is 0 Å². The fraction of sp³-hybridized carbons (Fsp3) is 0.412. The molecule has 0 radical (unpaired) electrons. The van der Waals surface area contributed by atoms with Crippen LogP contribution in [0.3, 0.4) is 0 Å². The van der Waals surface area contributed by atoms with Gasteiger partial charge in [-0.3, -0.25) is 9.20 Å². The van der Waals surface area contributed by atoms with Crippen molar-refractivity contribution in [1.29, 1.82) is 0 Å². The molecule has 1 saturated heterocycles. The average Bonchev–Trinajstić information content (AvgIpc) is 3.23. The predicted molar refractivity (Wildman–Crippen MR) is 88.3 cm³/mol. The van der Waals surface area contributed by atoms with Crippen LogP contribution in [-0.2, 0) is 11.3 Å². The van der Waals surface area contributed by atoms with Crippen LogP contribution in [0.25, 0.3) is 5.78 Å². The summed E-state index contributed by atoms with van der Waals surface area (Å²) in [6, 6.07) is 2.02. The first-order valence-corrected chi connectivity index (χ1v) is 8.29. The van der Waals surface area contributed by atoms with Gasteiger partial charge in [0, 0.05) is 37.5 Å². The number of imidazole rings is 2. The van der Waals surface area contributed by atoms with Gasteiger partial charge in [0.2, 0.25) is 11.7 Å². The molecule has 0 aliphatic carbocycles. The first-order chi connectivity index (χ1) is 11.7. The van der Waals surface area contributed by atoms with E-state index in [4.69, 9.17) is 0 Å². The Morgan fingerprint density at radius 2 is 2.08 bits per heavy atom. The summed E-state index contributed by atoms with van der Waals surface area (Å²) in [5, 5.41) is 0. The SMILES string of the molecule is Cc1nccn1CC(=O)N1CCCC[C@@H]1c1ccn2ccnc2n1. The zero-order chi connectivity index (χ0) is 16.5. The minimum Gasteiger partial charge on any atom is -0.333 e. The van der Waals surface area contributed by atoms with Gasteiger partial charge in [-0.05, 0) is 32.3 Å². The lowest BCUT2D eigenvalue weighted by Crippen LogP contribution is -2.40. The molecule has 24 heavy (non-hydrogen) atoms. The van der Waals surface area contributed by atoms with Gasteiger partial charge in [0.1, 0.15) is 12.4 Å². The van der Waals surface area contributed by atoms with Gasteiger partial charge >= 0.3 is 0 Å². The Morgan fingerprint density at radius 3 is 2.92 bits per heavy atom. The molecular weight excluding hydrogens is 304 g/mol. The first kappa shape index (κ1) is 14.9. The smallest absolute Gasteiger partial charge is 0.243 e. The molecule has 7 heteroatoms. The number of piperidine rings is 1. The van der Waals surface area contributed by atoms with E-state index in [-0.39, 0.29) is 11.9 Å². The molecule has 1 atom stereocenters. The largest absolute Gasteiger partial charge is 0.333 e. The molecule has 1 aliphatic heterocycles. The zero-order valence-electron chi connectivity index (χ0n) is 13.7. The second kappa shape index (κ2) is 6.07. The molecule has 4 rings (SSSR count). The van der Waals surface area contributed by atoms with Gasteiger partial charge in [-0.25, -0.2) is 15.0 Å².